The first kappa shape index (κ1) is 14.2. The number of hydrogen-bond acceptors (Lipinski definition) is 3. The van der Waals surface area contributed by atoms with Crippen LogP contribution in [0.1, 0.15) is 38.2 Å². The molecule has 114 valence electrons. The Morgan fingerprint density at radius 2 is 1.95 bits per heavy atom. The molecule has 1 unspecified atom stereocenters. The molecule has 1 amide bonds. The van der Waals surface area contributed by atoms with Crippen LogP contribution in [0.15, 0.2) is 18.2 Å². The molecule has 2 aliphatic heterocycles. The van der Waals surface area contributed by atoms with Crippen molar-refractivity contribution in [2.75, 3.05) is 19.9 Å². The smallest absolute Gasteiger partial charge is 0.231 e. The predicted molar refractivity (Wildman–Crippen MR) is 80.5 cm³/mol. The molecule has 1 atom stereocenters. The predicted octanol–water partition coefficient (Wildman–Crippen LogP) is 3.00. The third-order valence-corrected chi connectivity index (χ3v) is 4.43. The van der Waals surface area contributed by atoms with E-state index < -0.39 is 0 Å². The number of likely N-dealkylation sites (tertiary alicyclic amines) is 1. The number of benzene rings is 1. The van der Waals surface area contributed by atoms with Crippen molar-refractivity contribution in [2.45, 2.75) is 39.0 Å². The number of hydrogen-bond donors (Lipinski definition) is 0. The highest BCUT2D eigenvalue weighted by Gasteiger charge is 2.25. The van der Waals surface area contributed by atoms with E-state index in [-0.39, 0.29) is 5.92 Å². The van der Waals surface area contributed by atoms with E-state index in [1.165, 1.54) is 6.42 Å². The molecule has 1 aromatic carbocycles. The summed E-state index contributed by atoms with van der Waals surface area (Å²) < 4.78 is 10.7. The molecular formula is C17H23NO3. The summed E-state index contributed by atoms with van der Waals surface area (Å²) in [5.41, 5.74) is 1.15. The molecule has 4 heteroatoms. The van der Waals surface area contributed by atoms with Gasteiger partial charge in [0.15, 0.2) is 11.5 Å². The van der Waals surface area contributed by atoms with Crippen molar-refractivity contribution in [1.82, 2.24) is 4.90 Å². The van der Waals surface area contributed by atoms with Gasteiger partial charge in [-0.2, -0.15) is 0 Å². The van der Waals surface area contributed by atoms with Gasteiger partial charge in [-0.1, -0.05) is 13.0 Å². The second-order valence-electron chi connectivity index (χ2n) is 5.88. The van der Waals surface area contributed by atoms with E-state index in [4.69, 9.17) is 9.47 Å². The summed E-state index contributed by atoms with van der Waals surface area (Å²) in [6.45, 7) is 4.25. The molecule has 4 nitrogen and oxygen atoms in total. The van der Waals surface area contributed by atoms with Gasteiger partial charge < -0.3 is 14.4 Å². The first-order valence-corrected chi connectivity index (χ1v) is 7.95. The number of nitrogens with zero attached hydrogens (tertiary/aromatic N) is 1. The van der Waals surface area contributed by atoms with E-state index in [2.05, 4.69) is 6.92 Å². The van der Waals surface area contributed by atoms with Gasteiger partial charge in [0, 0.05) is 19.0 Å². The molecule has 2 aliphatic rings. The Labute approximate surface area is 126 Å². The molecule has 1 aromatic rings. The van der Waals surface area contributed by atoms with Crippen LogP contribution < -0.4 is 9.47 Å². The monoisotopic (exact) mass is 289 g/mol. The van der Waals surface area contributed by atoms with Crippen LogP contribution in [0.25, 0.3) is 0 Å². The summed E-state index contributed by atoms with van der Waals surface area (Å²) in [5, 5.41) is 0. The van der Waals surface area contributed by atoms with Gasteiger partial charge in [0.2, 0.25) is 12.7 Å². The standard InChI is InChI=1S/C17H23NO3/c1-2-14(17(19)18-8-4-3-5-9-18)10-13-6-7-15-16(11-13)21-12-20-15/h6-7,11,14H,2-5,8-10,12H2,1H3. The minimum Gasteiger partial charge on any atom is -0.454 e. The van der Waals surface area contributed by atoms with Gasteiger partial charge in [-0.15, -0.1) is 0 Å². The summed E-state index contributed by atoms with van der Waals surface area (Å²) in [7, 11) is 0. The molecule has 0 N–H and O–H groups in total. The maximum atomic E-state index is 12.6. The van der Waals surface area contributed by atoms with Crippen molar-refractivity contribution in [1.29, 1.82) is 0 Å². The molecule has 21 heavy (non-hydrogen) atoms. The lowest BCUT2D eigenvalue weighted by atomic mass is 9.94. The Hall–Kier alpha value is -1.71. The van der Waals surface area contributed by atoms with Crippen molar-refractivity contribution in [3.63, 3.8) is 0 Å². The van der Waals surface area contributed by atoms with Crippen LogP contribution in [0.4, 0.5) is 0 Å². The van der Waals surface area contributed by atoms with Gasteiger partial charge in [-0.05, 0) is 49.8 Å². The van der Waals surface area contributed by atoms with E-state index in [1.807, 2.05) is 23.1 Å². The quantitative estimate of drug-likeness (QED) is 0.855. The molecule has 2 heterocycles. The van der Waals surface area contributed by atoms with E-state index in [0.717, 1.165) is 55.8 Å². The first-order valence-electron chi connectivity index (χ1n) is 7.95. The number of rotatable bonds is 4. The van der Waals surface area contributed by atoms with Crippen LogP contribution in [0.2, 0.25) is 0 Å². The summed E-state index contributed by atoms with van der Waals surface area (Å²) in [5.74, 6) is 1.99. The minimum absolute atomic E-state index is 0.0727. The van der Waals surface area contributed by atoms with Gasteiger partial charge in [-0.25, -0.2) is 0 Å². The molecule has 0 spiro atoms. The molecule has 1 fully saturated rings. The highest BCUT2D eigenvalue weighted by atomic mass is 16.7. The fourth-order valence-corrected chi connectivity index (χ4v) is 3.13. The third kappa shape index (κ3) is 3.14. The van der Waals surface area contributed by atoms with E-state index >= 15 is 0 Å². The Kier molecular flexibility index (Phi) is 4.32. The second-order valence-corrected chi connectivity index (χ2v) is 5.88. The van der Waals surface area contributed by atoms with Crippen molar-refractivity contribution in [2.24, 2.45) is 5.92 Å². The van der Waals surface area contributed by atoms with Gasteiger partial charge in [0.05, 0.1) is 0 Å². The first-order chi connectivity index (χ1) is 10.3. The molecule has 1 saturated heterocycles. The number of piperidine rings is 1. The van der Waals surface area contributed by atoms with E-state index in [9.17, 15) is 4.79 Å². The zero-order chi connectivity index (χ0) is 14.7. The number of amides is 1. The Morgan fingerprint density at radius 1 is 1.19 bits per heavy atom. The van der Waals surface area contributed by atoms with Crippen LogP contribution in [-0.4, -0.2) is 30.7 Å². The largest absolute Gasteiger partial charge is 0.454 e. The average Bonchev–Trinajstić information content (AvgIpc) is 3.00. The number of fused-ring (bicyclic) bond motifs is 1. The summed E-state index contributed by atoms with van der Waals surface area (Å²) in [6.07, 6.45) is 5.20. The van der Waals surface area contributed by atoms with Gasteiger partial charge >= 0.3 is 0 Å². The topological polar surface area (TPSA) is 38.8 Å². The normalized spacial score (nSPS) is 18.6. The molecule has 0 radical (unpaired) electrons. The number of carbonyl (C=O) groups excluding carboxylic acids is 1. The van der Waals surface area contributed by atoms with Crippen molar-refractivity contribution < 1.29 is 14.3 Å². The van der Waals surface area contributed by atoms with Gasteiger partial charge in [0.25, 0.3) is 0 Å². The highest BCUT2D eigenvalue weighted by molar-refractivity contribution is 5.79. The maximum Gasteiger partial charge on any atom is 0.231 e. The Balaban J connectivity index is 1.67. The van der Waals surface area contributed by atoms with Crippen molar-refractivity contribution in [3.8, 4) is 11.5 Å². The van der Waals surface area contributed by atoms with Crippen LogP contribution >= 0.6 is 0 Å². The van der Waals surface area contributed by atoms with Crippen LogP contribution in [0.3, 0.4) is 0 Å². The summed E-state index contributed by atoms with van der Waals surface area (Å²) >= 11 is 0. The molecule has 0 aromatic heterocycles. The molecule has 3 rings (SSSR count). The SMILES string of the molecule is CCC(Cc1ccc2c(c1)OCO2)C(=O)N1CCCCC1. The lowest BCUT2D eigenvalue weighted by Crippen LogP contribution is -2.40. The lowest BCUT2D eigenvalue weighted by molar-refractivity contribution is -0.136. The summed E-state index contributed by atoms with van der Waals surface area (Å²) in [4.78, 5) is 14.7. The van der Waals surface area contributed by atoms with Crippen LogP contribution in [0, 0.1) is 5.92 Å². The third-order valence-electron chi connectivity index (χ3n) is 4.43. The number of ether oxygens (including phenoxy) is 2. The average molecular weight is 289 g/mol. The Bertz CT molecular complexity index is 509. The number of carbonyl (C=O) groups is 1. The van der Waals surface area contributed by atoms with Crippen molar-refractivity contribution in [3.05, 3.63) is 23.8 Å². The van der Waals surface area contributed by atoms with Gasteiger partial charge in [0.1, 0.15) is 0 Å². The molecule has 0 aliphatic carbocycles. The maximum absolute atomic E-state index is 12.6. The fourth-order valence-electron chi connectivity index (χ4n) is 3.13. The minimum atomic E-state index is 0.0727. The van der Waals surface area contributed by atoms with Gasteiger partial charge in [-0.3, -0.25) is 4.79 Å². The lowest BCUT2D eigenvalue weighted by Gasteiger charge is -2.30. The molecular weight excluding hydrogens is 266 g/mol. The van der Waals surface area contributed by atoms with Crippen LogP contribution in [0.5, 0.6) is 11.5 Å². The second kappa shape index (κ2) is 6.37. The zero-order valence-corrected chi connectivity index (χ0v) is 12.6. The zero-order valence-electron chi connectivity index (χ0n) is 12.6. The van der Waals surface area contributed by atoms with E-state index in [1.54, 1.807) is 0 Å². The van der Waals surface area contributed by atoms with Crippen molar-refractivity contribution >= 4 is 5.91 Å². The van der Waals surface area contributed by atoms with Crippen LogP contribution in [-0.2, 0) is 11.2 Å². The highest BCUT2D eigenvalue weighted by Crippen LogP contribution is 2.33. The van der Waals surface area contributed by atoms with E-state index in [0.29, 0.717) is 12.7 Å². The summed E-state index contributed by atoms with van der Waals surface area (Å²) in [6, 6.07) is 5.99. The fraction of sp³-hybridized carbons (Fsp3) is 0.588. The molecule has 0 saturated carbocycles. The molecule has 0 bridgehead atoms. The Morgan fingerprint density at radius 3 is 2.71 bits per heavy atom.